The van der Waals surface area contributed by atoms with Crippen molar-refractivity contribution >= 4 is 19.7 Å². The van der Waals surface area contributed by atoms with Gasteiger partial charge in [-0.05, 0) is 31.0 Å². The summed E-state index contributed by atoms with van der Waals surface area (Å²) in [4.78, 5) is 0.125. The molecule has 5 nitrogen and oxygen atoms in total. The molecule has 0 fully saturated rings. The van der Waals surface area contributed by atoms with Gasteiger partial charge in [-0.15, -0.1) is 0 Å². The zero-order chi connectivity index (χ0) is 15.4. The molecule has 1 aromatic rings. The van der Waals surface area contributed by atoms with Gasteiger partial charge in [0.2, 0.25) is 0 Å². The number of sulfone groups is 2. The van der Waals surface area contributed by atoms with Gasteiger partial charge in [0.15, 0.2) is 19.7 Å². The monoisotopic (exact) mass is 319 g/mol. The number of nitrogens with two attached hydrogens (primary N) is 1. The number of hydrogen-bond donors (Lipinski definition) is 1. The van der Waals surface area contributed by atoms with Gasteiger partial charge in [-0.3, -0.25) is 0 Å². The Morgan fingerprint density at radius 3 is 2.35 bits per heavy atom. The smallest absolute Gasteiger partial charge is 0.179 e. The van der Waals surface area contributed by atoms with E-state index in [4.69, 9.17) is 5.73 Å². The average molecular weight is 319 g/mol. The topological polar surface area (TPSA) is 94.3 Å². The number of hydrogen-bond acceptors (Lipinski definition) is 5. The average Bonchev–Trinajstić information content (AvgIpc) is 2.44. The molecule has 2 N–H and O–H groups in total. The molecule has 0 radical (unpaired) electrons. The summed E-state index contributed by atoms with van der Waals surface area (Å²) in [7, 11) is -6.97. The number of rotatable bonds is 7. The first-order valence-corrected chi connectivity index (χ1v) is 9.83. The summed E-state index contributed by atoms with van der Waals surface area (Å²) in [5.41, 5.74) is 6.18. The molecule has 0 aliphatic carbocycles. The van der Waals surface area contributed by atoms with Gasteiger partial charge in [0.1, 0.15) is 0 Å². The van der Waals surface area contributed by atoms with E-state index in [0.29, 0.717) is 12.0 Å². The van der Waals surface area contributed by atoms with Crippen LogP contribution in [0, 0.1) is 0 Å². The van der Waals surface area contributed by atoms with Gasteiger partial charge in [-0.1, -0.05) is 19.1 Å². The molecule has 0 amide bonds. The molecule has 0 saturated carbocycles. The van der Waals surface area contributed by atoms with Gasteiger partial charge >= 0.3 is 0 Å². The van der Waals surface area contributed by atoms with E-state index in [1.54, 1.807) is 26.0 Å². The zero-order valence-electron chi connectivity index (χ0n) is 11.7. The Morgan fingerprint density at radius 2 is 1.80 bits per heavy atom. The maximum atomic E-state index is 12.2. The van der Waals surface area contributed by atoms with E-state index in [2.05, 4.69) is 0 Å². The normalized spacial score (nSPS) is 14.2. The molecule has 0 saturated heterocycles. The summed E-state index contributed by atoms with van der Waals surface area (Å²) in [6, 6.07) is 6.29. The highest BCUT2D eigenvalue weighted by molar-refractivity contribution is 7.95. The van der Waals surface area contributed by atoms with Crippen LogP contribution in [0.15, 0.2) is 29.2 Å². The van der Waals surface area contributed by atoms with Crippen LogP contribution in [0.25, 0.3) is 0 Å². The number of benzene rings is 1. The fraction of sp³-hybridized carbons (Fsp3) is 0.538. The SMILES string of the molecule is CCC(C)S(=O)(=O)CCS(=O)(=O)c1cccc(CN)c1. The lowest BCUT2D eigenvalue weighted by molar-refractivity contribution is 0.577. The van der Waals surface area contributed by atoms with E-state index in [-0.39, 0.29) is 17.2 Å². The van der Waals surface area contributed by atoms with Crippen molar-refractivity contribution in [2.75, 3.05) is 11.5 Å². The maximum absolute atomic E-state index is 12.2. The first-order valence-electron chi connectivity index (χ1n) is 6.46. The van der Waals surface area contributed by atoms with Crippen molar-refractivity contribution in [3.05, 3.63) is 29.8 Å². The Labute approximate surface area is 121 Å². The lowest BCUT2D eigenvalue weighted by Gasteiger charge is -2.11. The summed E-state index contributed by atoms with van der Waals surface area (Å²) in [6.07, 6.45) is 0.477. The third-order valence-electron chi connectivity index (χ3n) is 3.32. The predicted octanol–water partition coefficient (Wildman–Crippen LogP) is 1.13. The van der Waals surface area contributed by atoms with Gasteiger partial charge in [-0.25, -0.2) is 16.8 Å². The Kier molecular flexibility index (Phi) is 5.73. The molecule has 0 spiro atoms. The third-order valence-corrected chi connectivity index (χ3v) is 7.62. The fourth-order valence-electron chi connectivity index (χ4n) is 1.66. The van der Waals surface area contributed by atoms with Crippen molar-refractivity contribution in [2.45, 2.75) is 37.0 Å². The molecular weight excluding hydrogens is 298 g/mol. The molecule has 1 atom stereocenters. The van der Waals surface area contributed by atoms with Crippen molar-refractivity contribution < 1.29 is 16.8 Å². The second-order valence-electron chi connectivity index (χ2n) is 4.76. The summed E-state index contributed by atoms with van der Waals surface area (Å²) in [5, 5.41) is -0.520. The highest BCUT2D eigenvalue weighted by atomic mass is 32.2. The molecule has 1 aromatic carbocycles. The van der Waals surface area contributed by atoms with Crippen molar-refractivity contribution in [1.29, 1.82) is 0 Å². The molecule has 0 aliphatic heterocycles. The molecule has 1 rings (SSSR count). The van der Waals surface area contributed by atoms with Crippen LogP contribution in [0.4, 0.5) is 0 Å². The summed E-state index contributed by atoms with van der Waals surface area (Å²) < 4.78 is 48.1. The summed E-state index contributed by atoms with van der Waals surface area (Å²) in [6.45, 7) is 3.60. The molecular formula is C13H21NO4S2. The molecule has 1 unspecified atom stereocenters. The quantitative estimate of drug-likeness (QED) is 0.813. The van der Waals surface area contributed by atoms with Crippen LogP contribution in [-0.2, 0) is 26.2 Å². The van der Waals surface area contributed by atoms with Crippen LogP contribution < -0.4 is 5.73 Å². The molecule has 0 aliphatic rings. The fourth-order valence-corrected chi connectivity index (χ4v) is 5.23. The molecule has 20 heavy (non-hydrogen) atoms. The maximum Gasteiger partial charge on any atom is 0.179 e. The lowest BCUT2D eigenvalue weighted by Crippen LogP contribution is -2.25. The van der Waals surface area contributed by atoms with E-state index in [1.807, 2.05) is 0 Å². The lowest BCUT2D eigenvalue weighted by atomic mass is 10.2. The Morgan fingerprint density at radius 1 is 1.15 bits per heavy atom. The Bertz CT molecular complexity index is 651. The third kappa shape index (κ3) is 4.29. The van der Waals surface area contributed by atoms with E-state index in [0.717, 1.165) is 0 Å². The minimum Gasteiger partial charge on any atom is -0.326 e. The zero-order valence-corrected chi connectivity index (χ0v) is 13.4. The second-order valence-corrected chi connectivity index (χ2v) is 9.40. The van der Waals surface area contributed by atoms with Crippen LogP contribution in [0.3, 0.4) is 0 Å². The minimum atomic E-state index is -3.60. The Hall–Kier alpha value is -0.920. The van der Waals surface area contributed by atoms with E-state index in [9.17, 15) is 16.8 Å². The summed E-state index contributed by atoms with van der Waals surface area (Å²) >= 11 is 0. The highest BCUT2D eigenvalue weighted by Gasteiger charge is 2.23. The standard InChI is InChI=1S/C13H21NO4S2/c1-3-11(2)19(15,16)7-8-20(17,18)13-6-4-5-12(9-13)10-14/h4-6,9,11H,3,7-8,10,14H2,1-2H3. The second kappa shape index (κ2) is 6.69. The van der Waals surface area contributed by atoms with Crippen LogP contribution >= 0.6 is 0 Å². The van der Waals surface area contributed by atoms with Crippen LogP contribution in [-0.4, -0.2) is 33.6 Å². The van der Waals surface area contributed by atoms with Crippen molar-refractivity contribution in [3.8, 4) is 0 Å². The molecule has 114 valence electrons. The molecule has 0 aromatic heterocycles. The van der Waals surface area contributed by atoms with E-state index < -0.39 is 30.7 Å². The van der Waals surface area contributed by atoms with Gasteiger partial charge in [0.05, 0.1) is 21.7 Å². The van der Waals surface area contributed by atoms with Crippen molar-refractivity contribution in [3.63, 3.8) is 0 Å². The Balaban J connectivity index is 2.91. The predicted molar refractivity (Wildman–Crippen MR) is 79.9 cm³/mol. The van der Waals surface area contributed by atoms with Gasteiger partial charge < -0.3 is 5.73 Å². The molecule has 7 heteroatoms. The van der Waals surface area contributed by atoms with Gasteiger partial charge in [0, 0.05) is 6.54 Å². The van der Waals surface area contributed by atoms with E-state index in [1.165, 1.54) is 12.1 Å². The molecule has 0 heterocycles. The van der Waals surface area contributed by atoms with Crippen LogP contribution in [0.5, 0.6) is 0 Å². The van der Waals surface area contributed by atoms with Gasteiger partial charge in [0.25, 0.3) is 0 Å². The minimum absolute atomic E-state index is 0.125. The van der Waals surface area contributed by atoms with Crippen LogP contribution in [0.2, 0.25) is 0 Å². The van der Waals surface area contributed by atoms with E-state index >= 15 is 0 Å². The highest BCUT2D eigenvalue weighted by Crippen LogP contribution is 2.15. The van der Waals surface area contributed by atoms with Crippen LogP contribution in [0.1, 0.15) is 25.8 Å². The first kappa shape index (κ1) is 17.1. The molecule has 0 bridgehead atoms. The summed E-state index contributed by atoms with van der Waals surface area (Å²) in [5.74, 6) is -0.745. The van der Waals surface area contributed by atoms with Crippen molar-refractivity contribution in [1.82, 2.24) is 0 Å². The van der Waals surface area contributed by atoms with Gasteiger partial charge in [-0.2, -0.15) is 0 Å². The van der Waals surface area contributed by atoms with Crippen molar-refractivity contribution in [2.24, 2.45) is 5.73 Å². The largest absolute Gasteiger partial charge is 0.326 e. The first-order chi connectivity index (χ1) is 9.23.